The van der Waals surface area contributed by atoms with Gasteiger partial charge in [0.15, 0.2) is 5.52 Å². The summed E-state index contributed by atoms with van der Waals surface area (Å²) in [5.41, 5.74) is 3.85. The van der Waals surface area contributed by atoms with Crippen LogP contribution >= 0.6 is 0 Å². The lowest BCUT2D eigenvalue weighted by molar-refractivity contribution is -0.116. The number of nitrogens with zero attached hydrogens (tertiary/aromatic N) is 4. The highest BCUT2D eigenvalue weighted by atomic mass is 16.2. The number of hydrogen-bond acceptors (Lipinski definition) is 4. The van der Waals surface area contributed by atoms with E-state index >= 15 is 0 Å². The number of carbonyl (C=O) groups excluding carboxylic acids is 1. The number of nitrogens with one attached hydrogen (secondary N) is 1. The number of amides is 1. The van der Waals surface area contributed by atoms with E-state index in [1.165, 1.54) is 9.13 Å². The molecule has 0 aliphatic rings. The summed E-state index contributed by atoms with van der Waals surface area (Å²) >= 11 is 0. The van der Waals surface area contributed by atoms with Gasteiger partial charge in [0.2, 0.25) is 5.91 Å². The molecule has 1 amide bonds. The number of aromatic nitrogens is 4. The molecule has 0 radical (unpaired) electrons. The fourth-order valence-corrected chi connectivity index (χ4v) is 4.23. The molecule has 0 unspecified atom stereocenters. The fourth-order valence-electron chi connectivity index (χ4n) is 4.23. The molecule has 33 heavy (non-hydrogen) atoms. The molecule has 170 valence electrons. The first kappa shape index (κ1) is 22.3. The van der Waals surface area contributed by atoms with Gasteiger partial charge in [-0.15, -0.1) is 0 Å². The molecular weight excluding hydrogens is 418 g/mol. The first-order valence-electron chi connectivity index (χ1n) is 10.9. The van der Waals surface area contributed by atoms with Gasteiger partial charge in [0, 0.05) is 12.2 Å². The van der Waals surface area contributed by atoms with Gasteiger partial charge in [-0.05, 0) is 56.5 Å². The molecule has 0 spiro atoms. The standard InChI is InChI=1S/C25H27N5O3/c1-5-30-23-22(18(4)27-30)28(15-21(31)26-20-12-16(2)11-17(3)13-20)25(33)29(24(23)32)14-19-9-7-6-8-10-19/h6-13H,5,14-15H2,1-4H3,(H,26,31). The van der Waals surface area contributed by atoms with Crippen LogP contribution in [0, 0.1) is 20.8 Å². The Labute approximate surface area is 191 Å². The molecule has 2 aromatic carbocycles. The van der Waals surface area contributed by atoms with Crippen molar-refractivity contribution < 1.29 is 4.79 Å². The van der Waals surface area contributed by atoms with Crippen LogP contribution in [-0.4, -0.2) is 24.8 Å². The van der Waals surface area contributed by atoms with Crippen LogP contribution < -0.4 is 16.6 Å². The van der Waals surface area contributed by atoms with Gasteiger partial charge in [-0.25, -0.2) is 4.79 Å². The second-order valence-corrected chi connectivity index (χ2v) is 8.27. The van der Waals surface area contributed by atoms with E-state index in [0.29, 0.717) is 29.0 Å². The minimum Gasteiger partial charge on any atom is -0.325 e. The maximum Gasteiger partial charge on any atom is 0.332 e. The molecular formula is C25H27N5O3. The van der Waals surface area contributed by atoms with Crippen molar-refractivity contribution in [3.05, 3.63) is 91.8 Å². The van der Waals surface area contributed by atoms with E-state index in [-0.39, 0.29) is 19.0 Å². The average Bonchev–Trinajstić information content (AvgIpc) is 3.10. The van der Waals surface area contributed by atoms with Gasteiger partial charge in [0.1, 0.15) is 12.1 Å². The predicted molar refractivity (Wildman–Crippen MR) is 129 cm³/mol. The van der Waals surface area contributed by atoms with E-state index < -0.39 is 11.2 Å². The molecule has 0 aliphatic heterocycles. The number of fused-ring (bicyclic) bond motifs is 1. The van der Waals surface area contributed by atoms with Gasteiger partial charge in [-0.2, -0.15) is 5.10 Å². The third-order valence-electron chi connectivity index (χ3n) is 5.57. The zero-order valence-corrected chi connectivity index (χ0v) is 19.3. The van der Waals surface area contributed by atoms with Crippen molar-refractivity contribution in [2.45, 2.75) is 47.3 Å². The molecule has 1 N–H and O–H groups in total. The number of benzene rings is 2. The highest BCUT2D eigenvalue weighted by Crippen LogP contribution is 2.16. The summed E-state index contributed by atoms with van der Waals surface area (Å²) in [7, 11) is 0. The van der Waals surface area contributed by atoms with E-state index in [1.807, 2.05) is 69.3 Å². The highest BCUT2D eigenvalue weighted by molar-refractivity contribution is 5.91. The van der Waals surface area contributed by atoms with Crippen LogP contribution in [0.2, 0.25) is 0 Å². The lowest BCUT2D eigenvalue weighted by atomic mass is 10.1. The number of anilines is 1. The summed E-state index contributed by atoms with van der Waals surface area (Å²) in [6.45, 7) is 7.90. The average molecular weight is 446 g/mol. The second kappa shape index (κ2) is 8.90. The molecule has 0 aliphatic carbocycles. The van der Waals surface area contributed by atoms with Crippen molar-refractivity contribution in [1.29, 1.82) is 0 Å². The summed E-state index contributed by atoms with van der Waals surface area (Å²) in [5.74, 6) is -0.350. The van der Waals surface area contributed by atoms with Gasteiger partial charge >= 0.3 is 5.69 Å². The van der Waals surface area contributed by atoms with Crippen LogP contribution in [0.3, 0.4) is 0 Å². The third-order valence-corrected chi connectivity index (χ3v) is 5.57. The maximum absolute atomic E-state index is 13.5. The molecule has 4 rings (SSSR count). The Morgan fingerprint density at radius 1 is 0.939 bits per heavy atom. The Kier molecular flexibility index (Phi) is 6.00. The minimum absolute atomic E-state index is 0.112. The van der Waals surface area contributed by atoms with Crippen molar-refractivity contribution in [2.75, 3.05) is 5.32 Å². The summed E-state index contributed by atoms with van der Waals surface area (Å²) in [5, 5.41) is 7.32. The van der Waals surface area contributed by atoms with Gasteiger partial charge in [0.05, 0.1) is 12.2 Å². The summed E-state index contributed by atoms with van der Waals surface area (Å²) < 4.78 is 4.12. The van der Waals surface area contributed by atoms with Crippen LogP contribution in [0.5, 0.6) is 0 Å². The Bertz CT molecular complexity index is 1440. The fraction of sp³-hybridized carbons (Fsp3) is 0.280. The monoisotopic (exact) mass is 445 g/mol. The highest BCUT2D eigenvalue weighted by Gasteiger charge is 2.21. The molecule has 0 bridgehead atoms. The summed E-state index contributed by atoms with van der Waals surface area (Å²) in [6.07, 6.45) is 0. The van der Waals surface area contributed by atoms with E-state index in [9.17, 15) is 14.4 Å². The summed E-state index contributed by atoms with van der Waals surface area (Å²) in [4.78, 5) is 39.8. The normalized spacial score (nSPS) is 11.2. The van der Waals surface area contributed by atoms with E-state index in [1.54, 1.807) is 11.6 Å². The first-order chi connectivity index (χ1) is 15.8. The van der Waals surface area contributed by atoms with E-state index in [4.69, 9.17) is 0 Å². The van der Waals surface area contributed by atoms with Crippen LogP contribution in [0.4, 0.5) is 5.69 Å². The first-order valence-corrected chi connectivity index (χ1v) is 10.9. The minimum atomic E-state index is -0.536. The largest absolute Gasteiger partial charge is 0.332 e. The lowest BCUT2D eigenvalue weighted by Crippen LogP contribution is -2.42. The van der Waals surface area contributed by atoms with Crippen molar-refractivity contribution in [2.24, 2.45) is 0 Å². The molecule has 0 saturated heterocycles. The Morgan fingerprint density at radius 2 is 1.61 bits per heavy atom. The quantitative estimate of drug-likeness (QED) is 0.494. The Hall–Kier alpha value is -3.94. The van der Waals surface area contributed by atoms with Crippen molar-refractivity contribution in [3.63, 3.8) is 0 Å². The maximum atomic E-state index is 13.5. The SMILES string of the molecule is CCn1nc(C)c2c1c(=O)n(Cc1ccccc1)c(=O)n2CC(=O)Nc1cc(C)cc(C)c1. The molecule has 0 fully saturated rings. The van der Waals surface area contributed by atoms with E-state index in [2.05, 4.69) is 10.4 Å². The molecule has 2 aromatic heterocycles. The van der Waals surface area contributed by atoms with E-state index in [0.717, 1.165) is 16.7 Å². The Balaban J connectivity index is 1.82. The van der Waals surface area contributed by atoms with Crippen LogP contribution in [-0.2, 0) is 24.4 Å². The molecule has 4 aromatic rings. The molecule has 2 heterocycles. The topological polar surface area (TPSA) is 90.9 Å². The smallest absolute Gasteiger partial charge is 0.325 e. The van der Waals surface area contributed by atoms with Crippen LogP contribution in [0.25, 0.3) is 11.0 Å². The number of carbonyl (C=O) groups is 1. The van der Waals surface area contributed by atoms with Gasteiger partial charge in [-0.3, -0.25) is 23.4 Å². The van der Waals surface area contributed by atoms with Gasteiger partial charge < -0.3 is 5.32 Å². The van der Waals surface area contributed by atoms with Crippen molar-refractivity contribution in [1.82, 2.24) is 18.9 Å². The Morgan fingerprint density at radius 3 is 2.24 bits per heavy atom. The predicted octanol–water partition coefficient (Wildman–Crippen LogP) is 2.99. The zero-order chi connectivity index (χ0) is 23.7. The number of rotatable bonds is 6. The summed E-state index contributed by atoms with van der Waals surface area (Å²) in [6, 6.07) is 15.1. The van der Waals surface area contributed by atoms with Crippen LogP contribution in [0.15, 0.2) is 58.1 Å². The lowest BCUT2D eigenvalue weighted by Gasteiger charge is -2.14. The second-order valence-electron chi connectivity index (χ2n) is 8.27. The number of hydrogen-bond donors (Lipinski definition) is 1. The van der Waals surface area contributed by atoms with Crippen molar-refractivity contribution >= 4 is 22.6 Å². The number of aryl methyl sites for hydroxylation is 4. The van der Waals surface area contributed by atoms with Crippen molar-refractivity contribution in [3.8, 4) is 0 Å². The van der Waals surface area contributed by atoms with Gasteiger partial charge in [0.25, 0.3) is 5.56 Å². The molecule has 8 heteroatoms. The zero-order valence-electron chi connectivity index (χ0n) is 19.3. The van der Waals surface area contributed by atoms with Gasteiger partial charge in [-0.1, -0.05) is 36.4 Å². The molecule has 0 saturated carbocycles. The molecule has 0 atom stereocenters. The third kappa shape index (κ3) is 4.37. The molecule has 8 nitrogen and oxygen atoms in total. The van der Waals surface area contributed by atoms with Crippen LogP contribution in [0.1, 0.15) is 29.3 Å².